The summed E-state index contributed by atoms with van der Waals surface area (Å²) in [7, 11) is 0. The van der Waals surface area contributed by atoms with Crippen molar-refractivity contribution >= 4 is 41.8 Å². The predicted octanol–water partition coefficient (Wildman–Crippen LogP) is 2.44. The maximum absolute atomic E-state index is 11.7. The summed E-state index contributed by atoms with van der Waals surface area (Å²) in [4.78, 5) is 66.0. The second kappa shape index (κ2) is 17.7. The molecule has 1 aromatic carbocycles. The number of hydrogen-bond acceptors (Lipinski definition) is 12. The molecule has 2 fully saturated rings. The highest BCUT2D eigenvalue weighted by Gasteiger charge is 2.50. The Balaban J connectivity index is 0.000000262. The third kappa shape index (κ3) is 9.71. The van der Waals surface area contributed by atoms with Crippen molar-refractivity contribution < 1.29 is 53.9 Å². The SMILES string of the molecule is CC(=O)Oc1ccc2c(c1)CC[C@@H]1[C@@H]2CC[C@]2(C)CCC[C@@H]12.O=C[C@H](NC(=O)N(CCCl)N=O)[C@@H](O)[C@H](O)[C@H](O)C(=O)OCCC(=O)O. The average molecular weight is 698 g/mol. The van der Waals surface area contributed by atoms with Gasteiger partial charge in [0.05, 0.1) is 18.3 Å². The van der Waals surface area contributed by atoms with E-state index in [4.69, 9.17) is 21.4 Å². The quantitative estimate of drug-likeness (QED) is 0.0500. The number of amides is 2. The average Bonchev–Trinajstić information content (AvgIpc) is 3.46. The fourth-order valence-electron chi connectivity index (χ4n) is 7.32. The number of halogens is 1. The number of carboxylic acids is 1. The molecule has 4 rings (SSSR count). The number of alkyl halides is 1. The third-order valence-electron chi connectivity index (χ3n) is 9.65. The van der Waals surface area contributed by atoms with E-state index in [1.807, 2.05) is 11.4 Å². The zero-order valence-corrected chi connectivity index (χ0v) is 27.7. The number of aryl methyl sites for hydroxylation is 1. The molecule has 0 heterocycles. The number of carbonyl (C=O) groups is 5. The first-order valence-electron chi connectivity index (χ1n) is 15.9. The Morgan fingerprint density at radius 2 is 1.88 bits per heavy atom. The first-order valence-corrected chi connectivity index (χ1v) is 16.5. The van der Waals surface area contributed by atoms with Gasteiger partial charge in [-0.15, -0.1) is 16.5 Å². The number of rotatable bonds is 13. The van der Waals surface area contributed by atoms with Gasteiger partial charge in [-0.25, -0.2) is 9.59 Å². The van der Waals surface area contributed by atoms with E-state index in [9.17, 15) is 44.2 Å². The van der Waals surface area contributed by atoms with E-state index in [0.29, 0.717) is 16.2 Å². The molecule has 8 atom stereocenters. The summed E-state index contributed by atoms with van der Waals surface area (Å²) in [5, 5.41) is 42.0. The lowest BCUT2D eigenvalue weighted by Gasteiger charge is -2.49. The van der Waals surface area contributed by atoms with E-state index in [0.717, 1.165) is 24.2 Å². The summed E-state index contributed by atoms with van der Waals surface area (Å²) < 4.78 is 9.64. The van der Waals surface area contributed by atoms with Gasteiger partial charge >= 0.3 is 23.9 Å². The first kappa shape index (κ1) is 38.8. The van der Waals surface area contributed by atoms with Crippen LogP contribution in [0.5, 0.6) is 5.75 Å². The van der Waals surface area contributed by atoms with E-state index in [1.165, 1.54) is 51.0 Å². The number of aliphatic hydroxyl groups excluding tert-OH is 3. The summed E-state index contributed by atoms with van der Waals surface area (Å²) in [5.41, 5.74) is 3.58. The number of aliphatic hydroxyl groups is 3. The van der Waals surface area contributed by atoms with Crippen LogP contribution in [0, 0.1) is 22.2 Å². The van der Waals surface area contributed by atoms with Crippen LogP contribution in [0.25, 0.3) is 0 Å². The van der Waals surface area contributed by atoms with Crippen LogP contribution in [0.2, 0.25) is 0 Å². The topological polar surface area (TPSA) is 229 Å². The zero-order valence-electron chi connectivity index (χ0n) is 27.0. The Kier molecular flexibility index (Phi) is 14.3. The summed E-state index contributed by atoms with van der Waals surface area (Å²) in [5.74, 6) is 0.164. The van der Waals surface area contributed by atoms with Crippen molar-refractivity contribution in [3.8, 4) is 5.75 Å². The Morgan fingerprint density at radius 1 is 1.15 bits per heavy atom. The van der Waals surface area contributed by atoms with Gasteiger partial charge in [-0.05, 0) is 85.0 Å². The molecule has 266 valence electrons. The number of hydrogen-bond donors (Lipinski definition) is 5. The van der Waals surface area contributed by atoms with Crippen LogP contribution >= 0.6 is 11.6 Å². The van der Waals surface area contributed by atoms with Crippen molar-refractivity contribution in [3.63, 3.8) is 0 Å². The van der Waals surface area contributed by atoms with E-state index in [2.05, 4.69) is 29.1 Å². The molecule has 0 aromatic heterocycles. The van der Waals surface area contributed by atoms with Gasteiger partial charge in [-0.2, -0.15) is 5.01 Å². The lowest BCUT2D eigenvalue weighted by Crippen LogP contribution is -2.56. The lowest BCUT2D eigenvalue weighted by atomic mass is 9.56. The maximum Gasteiger partial charge on any atom is 0.341 e. The fraction of sp³-hybridized carbons (Fsp3) is 0.656. The van der Waals surface area contributed by atoms with Crippen molar-refractivity contribution in [1.29, 1.82) is 0 Å². The second-order valence-corrected chi connectivity index (χ2v) is 13.1. The van der Waals surface area contributed by atoms with Crippen molar-refractivity contribution in [2.24, 2.45) is 22.5 Å². The van der Waals surface area contributed by atoms with Crippen LogP contribution in [-0.4, -0.2) is 99.0 Å². The monoisotopic (exact) mass is 697 g/mol. The van der Waals surface area contributed by atoms with Gasteiger partial charge in [0.15, 0.2) is 6.10 Å². The molecular weight excluding hydrogens is 654 g/mol. The molecule has 48 heavy (non-hydrogen) atoms. The second-order valence-electron chi connectivity index (χ2n) is 12.7. The summed E-state index contributed by atoms with van der Waals surface area (Å²) in [6.45, 7) is 3.11. The number of carbonyl (C=O) groups excluding carboxylic acids is 4. The molecule has 1 aromatic rings. The number of nitroso groups, excluding NO2 is 1. The Labute approximate surface area is 282 Å². The van der Waals surface area contributed by atoms with Crippen LogP contribution in [0.15, 0.2) is 23.5 Å². The number of carboxylic acid groups (broad SMARTS) is 1. The summed E-state index contributed by atoms with van der Waals surface area (Å²) in [6.07, 6.45) is 2.19. The van der Waals surface area contributed by atoms with E-state index in [-0.39, 0.29) is 24.7 Å². The van der Waals surface area contributed by atoms with Crippen LogP contribution < -0.4 is 10.1 Å². The molecular formula is C32H44ClN3O12. The fourth-order valence-corrected chi connectivity index (χ4v) is 7.48. The molecule has 0 radical (unpaired) electrons. The molecule has 0 bridgehead atoms. The third-order valence-corrected chi connectivity index (χ3v) is 9.82. The maximum atomic E-state index is 11.7. The number of benzene rings is 1. The summed E-state index contributed by atoms with van der Waals surface area (Å²) in [6, 6.07) is 3.30. The smallest absolute Gasteiger partial charge is 0.341 e. The van der Waals surface area contributed by atoms with Gasteiger partial charge in [0.2, 0.25) is 0 Å². The number of aldehydes is 1. The minimum Gasteiger partial charge on any atom is -0.481 e. The molecule has 0 spiro atoms. The number of nitrogens with one attached hydrogen (secondary N) is 1. The van der Waals surface area contributed by atoms with Crippen LogP contribution in [0.4, 0.5) is 4.79 Å². The zero-order chi connectivity index (χ0) is 35.6. The molecule has 16 heteroatoms. The molecule has 2 amide bonds. The van der Waals surface area contributed by atoms with Crippen LogP contribution in [0.3, 0.4) is 0 Å². The number of nitrogens with zero attached hydrogens (tertiary/aromatic N) is 2. The lowest BCUT2D eigenvalue weighted by molar-refractivity contribution is -0.166. The molecule has 0 saturated heterocycles. The Hall–Kier alpha value is -3.66. The Morgan fingerprint density at radius 3 is 2.50 bits per heavy atom. The summed E-state index contributed by atoms with van der Waals surface area (Å²) >= 11 is 5.34. The van der Waals surface area contributed by atoms with Crippen LogP contribution in [0.1, 0.15) is 75.8 Å². The first-order chi connectivity index (χ1) is 22.8. The van der Waals surface area contributed by atoms with E-state index >= 15 is 0 Å². The standard InChI is InChI=1S/C20H26O2.C12H18ClN3O10/c1-13(21)22-15-6-8-16-14(12-15)5-7-18-17(16)9-11-20(2)10-3-4-19(18)20;13-2-3-16(15-25)12(24)14-6(5-17)8(20)9(21)10(22)11(23)26-4-1-7(18)19/h6,8,12,17-19H,3-5,7,9-11H2,1-2H3;5-6,8-10,20-22H,1-4H2,(H,14,24)(H,18,19)/t17-,18-,19+,20+;6-,8+,9-,10-/m10/s1. The van der Waals surface area contributed by atoms with Gasteiger partial charge in [0.1, 0.15) is 36.9 Å². The molecule has 2 saturated carbocycles. The predicted molar refractivity (Wildman–Crippen MR) is 170 cm³/mol. The number of urea groups is 1. The van der Waals surface area contributed by atoms with Crippen molar-refractivity contribution in [2.75, 3.05) is 19.0 Å². The number of aliphatic carboxylic acids is 1. The molecule has 0 unspecified atom stereocenters. The van der Waals surface area contributed by atoms with Gasteiger partial charge in [-0.3, -0.25) is 9.59 Å². The molecule has 3 aliphatic carbocycles. The minimum absolute atomic E-state index is 0.0159. The van der Waals surface area contributed by atoms with Gasteiger partial charge in [0, 0.05) is 12.8 Å². The van der Waals surface area contributed by atoms with E-state index < -0.39 is 55.4 Å². The van der Waals surface area contributed by atoms with E-state index in [1.54, 1.807) is 5.56 Å². The van der Waals surface area contributed by atoms with Crippen molar-refractivity contribution in [2.45, 2.75) is 95.5 Å². The van der Waals surface area contributed by atoms with Gasteiger partial charge in [0.25, 0.3) is 0 Å². The van der Waals surface area contributed by atoms with Crippen molar-refractivity contribution in [1.82, 2.24) is 10.3 Å². The van der Waals surface area contributed by atoms with Gasteiger partial charge in [-0.1, -0.05) is 19.4 Å². The molecule has 3 aliphatic rings. The number of esters is 2. The normalized spacial score (nSPS) is 24.8. The molecule has 0 aliphatic heterocycles. The van der Waals surface area contributed by atoms with Crippen LogP contribution in [-0.2, 0) is 30.3 Å². The number of fused-ring (bicyclic) bond motifs is 5. The highest BCUT2D eigenvalue weighted by Crippen LogP contribution is 2.60. The molecule has 15 nitrogen and oxygen atoms in total. The van der Waals surface area contributed by atoms with Crippen molar-refractivity contribution in [3.05, 3.63) is 34.2 Å². The molecule has 5 N–H and O–H groups in total. The van der Waals surface area contributed by atoms with Gasteiger partial charge < -0.3 is 40.0 Å². The minimum atomic E-state index is -2.33. The highest BCUT2D eigenvalue weighted by atomic mass is 35.5. The largest absolute Gasteiger partial charge is 0.481 e. The Bertz CT molecular complexity index is 1330. The highest BCUT2D eigenvalue weighted by molar-refractivity contribution is 6.18. The number of ether oxygens (including phenoxy) is 2.